The second kappa shape index (κ2) is 12.2. The number of rotatable bonds is 9. The molecule has 0 unspecified atom stereocenters. The molecule has 180 valence electrons. The average molecular weight is 496 g/mol. The predicted molar refractivity (Wildman–Crippen MR) is 130 cm³/mol. The molecule has 0 aliphatic rings. The molecule has 3 rings (SSSR count). The van der Waals surface area contributed by atoms with Crippen molar-refractivity contribution in [2.75, 3.05) is 20.8 Å². The number of esters is 1. The van der Waals surface area contributed by atoms with Crippen molar-refractivity contribution < 1.29 is 28.6 Å². The third kappa shape index (κ3) is 7.05. The molecule has 0 spiro atoms. The van der Waals surface area contributed by atoms with Crippen LogP contribution in [0.2, 0.25) is 5.02 Å². The first-order valence-electron chi connectivity index (χ1n) is 10.3. The van der Waals surface area contributed by atoms with E-state index < -0.39 is 17.8 Å². The van der Waals surface area contributed by atoms with Crippen molar-refractivity contribution in [1.82, 2.24) is 10.7 Å². The number of amides is 2. The summed E-state index contributed by atoms with van der Waals surface area (Å²) in [6.45, 7) is -0.271. The zero-order valence-electron chi connectivity index (χ0n) is 18.9. The van der Waals surface area contributed by atoms with E-state index in [4.69, 9.17) is 25.8 Å². The summed E-state index contributed by atoms with van der Waals surface area (Å²) in [7, 11) is 2.98. The van der Waals surface area contributed by atoms with Crippen molar-refractivity contribution in [1.29, 1.82) is 0 Å². The molecule has 0 aliphatic heterocycles. The third-order valence-electron chi connectivity index (χ3n) is 4.64. The zero-order chi connectivity index (χ0) is 25.2. The van der Waals surface area contributed by atoms with Gasteiger partial charge in [-0.3, -0.25) is 9.59 Å². The van der Waals surface area contributed by atoms with Crippen LogP contribution >= 0.6 is 11.6 Å². The largest absolute Gasteiger partial charge is 0.493 e. The van der Waals surface area contributed by atoms with Gasteiger partial charge in [0.15, 0.2) is 11.5 Å². The highest BCUT2D eigenvalue weighted by Gasteiger charge is 2.13. The molecule has 35 heavy (non-hydrogen) atoms. The highest BCUT2D eigenvalue weighted by molar-refractivity contribution is 6.33. The van der Waals surface area contributed by atoms with Crippen LogP contribution in [0.1, 0.15) is 26.3 Å². The van der Waals surface area contributed by atoms with Gasteiger partial charge in [-0.15, -0.1) is 0 Å². The van der Waals surface area contributed by atoms with Gasteiger partial charge in [-0.2, -0.15) is 5.10 Å². The molecule has 0 radical (unpaired) electrons. The Bertz CT molecular complexity index is 1240. The van der Waals surface area contributed by atoms with Crippen LogP contribution in [0, 0.1) is 0 Å². The number of carbonyl (C=O) groups excluding carboxylic acids is 3. The molecule has 0 bridgehead atoms. The van der Waals surface area contributed by atoms with Crippen molar-refractivity contribution in [2.45, 2.75) is 0 Å². The SMILES string of the molecule is COc1ccc(C(=O)Oc2ccc(/C=N\NC(=O)CNC(=O)c3ccccc3Cl)cc2)cc1OC. The fraction of sp³-hybridized carbons (Fsp3) is 0.120. The number of ether oxygens (including phenoxy) is 3. The minimum absolute atomic E-state index is 0.271. The number of carbonyl (C=O) groups is 3. The molecule has 0 atom stereocenters. The topological polar surface area (TPSA) is 115 Å². The van der Waals surface area contributed by atoms with E-state index in [1.807, 2.05) is 0 Å². The molecule has 0 heterocycles. The van der Waals surface area contributed by atoms with Crippen molar-refractivity contribution in [3.63, 3.8) is 0 Å². The summed E-state index contributed by atoms with van der Waals surface area (Å²) in [4.78, 5) is 36.4. The predicted octanol–water partition coefficient (Wildman–Crippen LogP) is 3.46. The highest BCUT2D eigenvalue weighted by Crippen LogP contribution is 2.28. The van der Waals surface area contributed by atoms with E-state index in [1.165, 1.54) is 26.5 Å². The Morgan fingerprint density at radius 2 is 1.66 bits per heavy atom. The molecule has 0 aliphatic carbocycles. The maximum Gasteiger partial charge on any atom is 0.343 e. The minimum atomic E-state index is -0.557. The van der Waals surface area contributed by atoms with Gasteiger partial charge in [0.2, 0.25) is 0 Å². The van der Waals surface area contributed by atoms with E-state index in [2.05, 4.69) is 15.8 Å². The van der Waals surface area contributed by atoms with Gasteiger partial charge in [-0.25, -0.2) is 10.2 Å². The van der Waals surface area contributed by atoms with Crippen molar-refractivity contribution in [3.8, 4) is 17.2 Å². The molecule has 0 fully saturated rings. The second-order valence-electron chi connectivity index (χ2n) is 6.98. The molecule has 0 aromatic heterocycles. The van der Waals surface area contributed by atoms with Crippen molar-refractivity contribution in [2.24, 2.45) is 5.10 Å². The smallest absolute Gasteiger partial charge is 0.343 e. The lowest BCUT2D eigenvalue weighted by atomic mass is 10.2. The molecular weight excluding hydrogens is 474 g/mol. The summed E-state index contributed by atoms with van der Waals surface area (Å²) in [5.74, 6) is -0.288. The number of methoxy groups -OCH3 is 2. The fourth-order valence-electron chi connectivity index (χ4n) is 2.87. The number of hydrogen-bond donors (Lipinski definition) is 2. The van der Waals surface area contributed by atoms with Gasteiger partial charge in [0, 0.05) is 0 Å². The van der Waals surface area contributed by atoms with Crippen molar-refractivity contribution in [3.05, 3.63) is 88.4 Å². The van der Waals surface area contributed by atoms with Crippen LogP contribution in [-0.2, 0) is 4.79 Å². The fourth-order valence-corrected chi connectivity index (χ4v) is 3.09. The summed E-state index contributed by atoms with van der Waals surface area (Å²) < 4.78 is 15.7. The normalized spacial score (nSPS) is 10.5. The van der Waals surface area contributed by atoms with Gasteiger partial charge in [-0.1, -0.05) is 23.7 Å². The van der Waals surface area contributed by atoms with Crippen LogP contribution < -0.4 is 25.0 Å². The van der Waals surface area contributed by atoms with Gasteiger partial charge in [-0.05, 0) is 60.2 Å². The van der Waals surface area contributed by atoms with E-state index >= 15 is 0 Å². The highest BCUT2D eigenvalue weighted by atomic mass is 35.5. The summed E-state index contributed by atoms with van der Waals surface area (Å²) in [5, 5.41) is 6.61. The number of hydrogen-bond acceptors (Lipinski definition) is 7. The Morgan fingerprint density at radius 1 is 0.943 bits per heavy atom. The zero-order valence-corrected chi connectivity index (χ0v) is 19.7. The van der Waals surface area contributed by atoms with Gasteiger partial charge in [0.25, 0.3) is 11.8 Å². The Labute approximate surface area is 206 Å². The first-order valence-corrected chi connectivity index (χ1v) is 10.7. The minimum Gasteiger partial charge on any atom is -0.493 e. The summed E-state index contributed by atoms with van der Waals surface area (Å²) >= 11 is 5.96. The lowest BCUT2D eigenvalue weighted by Gasteiger charge is -2.09. The van der Waals surface area contributed by atoms with E-state index in [1.54, 1.807) is 60.7 Å². The van der Waals surface area contributed by atoms with Crippen LogP contribution in [-0.4, -0.2) is 44.8 Å². The molecule has 3 aromatic rings. The van der Waals surface area contributed by atoms with Crippen LogP contribution in [0.4, 0.5) is 0 Å². The Hall–Kier alpha value is -4.37. The number of nitrogens with zero attached hydrogens (tertiary/aromatic N) is 1. The van der Waals surface area contributed by atoms with Gasteiger partial charge in [0.05, 0.1) is 43.1 Å². The summed E-state index contributed by atoms with van der Waals surface area (Å²) in [5.41, 5.74) is 3.54. The van der Waals surface area contributed by atoms with Gasteiger partial charge >= 0.3 is 5.97 Å². The van der Waals surface area contributed by atoms with Crippen LogP contribution in [0.15, 0.2) is 71.8 Å². The average Bonchev–Trinajstić information content (AvgIpc) is 2.88. The number of halogens is 1. The first kappa shape index (κ1) is 25.3. The molecule has 0 saturated carbocycles. The van der Waals surface area contributed by atoms with Crippen LogP contribution in [0.25, 0.3) is 0 Å². The molecule has 2 amide bonds. The maximum atomic E-state index is 12.4. The Morgan fingerprint density at radius 3 is 2.34 bits per heavy atom. The molecule has 9 nitrogen and oxygen atoms in total. The lowest BCUT2D eigenvalue weighted by molar-refractivity contribution is -0.120. The van der Waals surface area contributed by atoms with Gasteiger partial charge < -0.3 is 19.5 Å². The number of hydrazone groups is 1. The first-order chi connectivity index (χ1) is 16.9. The molecule has 2 N–H and O–H groups in total. The monoisotopic (exact) mass is 495 g/mol. The van der Waals surface area contributed by atoms with Crippen LogP contribution in [0.3, 0.4) is 0 Å². The van der Waals surface area contributed by atoms with E-state index in [0.29, 0.717) is 33.4 Å². The number of benzene rings is 3. The Kier molecular flexibility index (Phi) is 8.80. The molecule has 10 heteroatoms. The van der Waals surface area contributed by atoms with E-state index in [-0.39, 0.29) is 12.1 Å². The third-order valence-corrected chi connectivity index (χ3v) is 4.97. The van der Waals surface area contributed by atoms with E-state index in [9.17, 15) is 14.4 Å². The standard InChI is InChI=1S/C25H22ClN3O6/c1-33-21-12-9-17(13-22(21)34-2)25(32)35-18-10-7-16(8-11-18)14-28-29-23(30)15-27-24(31)19-5-3-4-6-20(19)26/h3-14H,15H2,1-2H3,(H,27,31)(H,29,30)/b28-14-. The Balaban J connectivity index is 1.48. The lowest BCUT2D eigenvalue weighted by Crippen LogP contribution is -2.35. The molecule has 0 saturated heterocycles. The summed E-state index contributed by atoms with van der Waals surface area (Å²) in [6, 6.07) is 17.7. The van der Waals surface area contributed by atoms with Crippen LogP contribution in [0.5, 0.6) is 17.2 Å². The maximum absolute atomic E-state index is 12.4. The van der Waals surface area contributed by atoms with E-state index in [0.717, 1.165) is 0 Å². The second-order valence-corrected chi connectivity index (χ2v) is 7.39. The molecule has 3 aromatic carbocycles. The quantitative estimate of drug-likeness (QED) is 0.203. The molecular formula is C25H22ClN3O6. The summed E-state index contributed by atoms with van der Waals surface area (Å²) in [6.07, 6.45) is 1.41. The number of nitrogens with one attached hydrogen (secondary N) is 2. The van der Waals surface area contributed by atoms with Crippen molar-refractivity contribution >= 4 is 35.6 Å². The van der Waals surface area contributed by atoms with Gasteiger partial charge in [0.1, 0.15) is 5.75 Å².